The predicted molar refractivity (Wildman–Crippen MR) is 197 cm³/mol. The highest BCUT2D eigenvalue weighted by molar-refractivity contribution is 6.35. The summed E-state index contributed by atoms with van der Waals surface area (Å²) in [6.07, 6.45) is 7.09. The zero-order valence-corrected chi connectivity index (χ0v) is 30.1. The maximum Gasteiger partial charge on any atom is 0.220 e. The molecule has 1 amide bonds. The van der Waals surface area contributed by atoms with E-state index in [-0.39, 0.29) is 24.7 Å². The average Bonchev–Trinajstić information content (AvgIpc) is 3.88. The molecule has 9 nitrogen and oxygen atoms in total. The lowest BCUT2D eigenvalue weighted by Crippen LogP contribution is -2.35. The van der Waals surface area contributed by atoms with Gasteiger partial charge in [-0.15, -0.1) is 0 Å². The van der Waals surface area contributed by atoms with Crippen molar-refractivity contribution in [3.05, 3.63) is 105 Å². The van der Waals surface area contributed by atoms with E-state index in [0.717, 1.165) is 66.6 Å². The van der Waals surface area contributed by atoms with Crippen LogP contribution in [0.2, 0.25) is 10.0 Å². The van der Waals surface area contributed by atoms with Gasteiger partial charge in [-0.1, -0.05) is 53.5 Å². The summed E-state index contributed by atoms with van der Waals surface area (Å²) in [5, 5.41) is 16.9. The number of halogens is 2. The van der Waals surface area contributed by atoms with Crippen LogP contribution in [0.25, 0.3) is 11.1 Å². The number of ether oxygens (including phenoxy) is 3. The molecule has 3 aliphatic rings. The number of carbonyl (C=O) groups excluding carboxylic acids is 1. The van der Waals surface area contributed by atoms with Crippen LogP contribution in [-0.4, -0.2) is 55.1 Å². The summed E-state index contributed by atoms with van der Waals surface area (Å²) < 4.78 is 19.2. The van der Waals surface area contributed by atoms with E-state index in [1.54, 1.807) is 12.3 Å². The third kappa shape index (κ3) is 8.26. The number of nitrogens with zero attached hydrogens (tertiary/aromatic N) is 3. The first kappa shape index (κ1) is 35.1. The van der Waals surface area contributed by atoms with Crippen molar-refractivity contribution in [3.63, 3.8) is 0 Å². The van der Waals surface area contributed by atoms with Gasteiger partial charge < -0.3 is 29.7 Å². The summed E-state index contributed by atoms with van der Waals surface area (Å²) in [7, 11) is 2.15. The van der Waals surface area contributed by atoms with Gasteiger partial charge in [0.25, 0.3) is 0 Å². The van der Waals surface area contributed by atoms with E-state index in [2.05, 4.69) is 57.9 Å². The van der Waals surface area contributed by atoms with Crippen molar-refractivity contribution in [1.82, 2.24) is 20.5 Å². The number of aromatic nitrogens is 1. The third-order valence-corrected chi connectivity index (χ3v) is 10.6. The Morgan fingerprint density at radius 2 is 1.86 bits per heavy atom. The largest absolute Gasteiger partial charge is 0.492 e. The van der Waals surface area contributed by atoms with Crippen LogP contribution in [0.4, 0.5) is 0 Å². The molecule has 2 fully saturated rings. The molecule has 1 unspecified atom stereocenters. The molecule has 3 aromatic carbocycles. The standard InChI is InChI=1S/C40H41Cl2N5O4/c1-47-13-12-25(22-47)23-49-36-7-3-6-33(40(36)42)30-4-2-5-32-31(30)9-10-35(32)51-38-16-37(50-24-27-14-26(17-43)18-44-19-27)28(15-34(38)41)20-45-21-29-8-11-39(48)46-29/h2-7,14-16,18-19,25,29,35,45H,8-13,20-24H2,1H3,(H,46,48)/t25?,29-,35-/m0/s1. The number of hydrogen-bond donors (Lipinski definition) is 2. The van der Waals surface area contributed by atoms with Crippen molar-refractivity contribution in [2.24, 2.45) is 5.92 Å². The molecule has 3 atom stereocenters. The molecule has 2 aliphatic heterocycles. The smallest absolute Gasteiger partial charge is 0.220 e. The Hall–Kier alpha value is -4.33. The average molecular weight is 727 g/mol. The van der Waals surface area contributed by atoms with Gasteiger partial charge in [0.15, 0.2) is 0 Å². The molecule has 7 rings (SSSR count). The number of benzene rings is 3. The second-order valence-corrected chi connectivity index (χ2v) is 14.5. The van der Waals surface area contributed by atoms with E-state index in [1.807, 2.05) is 24.3 Å². The lowest BCUT2D eigenvalue weighted by molar-refractivity contribution is -0.119. The molecule has 2 saturated heterocycles. The quantitative estimate of drug-likeness (QED) is 0.148. The van der Waals surface area contributed by atoms with Crippen molar-refractivity contribution in [3.8, 4) is 34.4 Å². The second kappa shape index (κ2) is 15.9. The summed E-state index contributed by atoms with van der Waals surface area (Å²) in [5.41, 5.74) is 6.43. The Kier molecular flexibility index (Phi) is 11.0. The summed E-state index contributed by atoms with van der Waals surface area (Å²) in [5.74, 6) is 2.43. The van der Waals surface area contributed by atoms with Gasteiger partial charge in [0.05, 0.1) is 22.2 Å². The molecule has 1 aromatic heterocycles. The fourth-order valence-electron chi connectivity index (χ4n) is 7.28. The van der Waals surface area contributed by atoms with Gasteiger partial charge in [-0.2, -0.15) is 5.26 Å². The second-order valence-electron chi connectivity index (χ2n) is 13.7. The molecule has 0 bridgehead atoms. The van der Waals surface area contributed by atoms with Crippen molar-refractivity contribution in [2.75, 3.05) is 33.3 Å². The maximum atomic E-state index is 11.7. The van der Waals surface area contributed by atoms with E-state index in [1.165, 1.54) is 11.8 Å². The Morgan fingerprint density at radius 3 is 2.67 bits per heavy atom. The monoisotopic (exact) mass is 725 g/mol. The van der Waals surface area contributed by atoms with Crippen molar-refractivity contribution >= 4 is 29.1 Å². The molecule has 3 heterocycles. The Morgan fingerprint density at radius 1 is 1.00 bits per heavy atom. The minimum Gasteiger partial charge on any atom is -0.492 e. The normalized spacial score (nSPS) is 19.8. The van der Waals surface area contributed by atoms with Crippen LogP contribution >= 0.6 is 23.2 Å². The maximum absolute atomic E-state index is 11.7. The number of nitriles is 1. The van der Waals surface area contributed by atoms with Gasteiger partial charge in [-0.3, -0.25) is 9.78 Å². The van der Waals surface area contributed by atoms with E-state index in [9.17, 15) is 10.1 Å². The number of nitrogens with one attached hydrogen (secondary N) is 2. The Bertz CT molecular complexity index is 1950. The Labute approximate surface area is 308 Å². The fraction of sp³-hybridized carbons (Fsp3) is 0.375. The lowest BCUT2D eigenvalue weighted by Gasteiger charge is -2.20. The summed E-state index contributed by atoms with van der Waals surface area (Å²) >= 11 is 13.9. The highest BCUT2D eigenvalue weighted by atomic mass is 35.5. The first-order chi connectivity index (χ1) is 24.8. The van der Waals surface area contributed by atoms with E-state index >= 15 is 0 Å². The minimum absolute atomic E-state index is 0.0812. The van der Waals surface area contributed by atoms with E-state index in [4.69, 9.17) is 37.4 Å². The van der Waals surface area contributed by atoms with E-state index in [0.29, 0.717) is 64.9 Å². The van der Waals surface area contributed by atoms with Crippen LogP contribution < -0.4 is 24.8 Å². The van der Waals surface area contributed by atoms with Crippen LogP contribution in [0.5, 0.6) is 17.2 Å². The number of likely N-dealkylation sites (tertiary alicyclic amines) is 1. The highest BCUT2D eigenvalue weighted by Gasteiger charge is 2.29. The molecule has 1 aliphatic carbocycles. The molecule has 0 saturated carbocycles. The molecule has 264 valence electrons. The number of hydrogen-bond acceptors (Lipinski definition) is 8. The summed E-state index contributed by atoms with van der Waals surface area (Å²) in [4.78, 5) is 18.2. The number of pyridine rings is 1. The van der Waals surface area contributed by atoms with Crippen LogP contribution in [0.1, 0.15) is 59.6 Å². The van der Waals surface area contributed by atoms with Gasteiger partial charge in [0.2, 0.25) is 5.91 Å². The van der Waals surface area contributed by atoms with E-state index < -0.39 is 0 Å². The van der Waals surface area contributed by atoms with Gasteiger partial charge >= 0.3 is 0 Å². The zero-order valence-electron chi connectivity index (χ0n) is 28.6. The van der Waals surface area contributed by atoms with Crippen molar-refractivity contribution < 1.29 is 19.0 Å². The summed E-state index contributed by atoms with van der Waals surface area (Å²) in [6.45, 7) is 4.12. The van der Waals surface area contributed by atoms with Crippen LogP contribution in [0.3, 0.4) is 0 Å². The predicted octanol–water partition coefficient (Wildman–Crippen LogP) is 7.27. The molecule has 2 N–H and O–H groups in total. The van der Waals surface area contributed by atoms with Gasteiger partial charge in [-0.05, 0) is 74.2 Å². The van der Waals surface area contributed by atoms with Crippen molar-refractivity contribution in [2.45, 2.75) is 57.4 Å². The third-order valence-electron chi connectivity index (χ3n) is 9.93. The fourth-order valence-corrected chi connectivity index (χ4v) is 7.80. The van der Waals surface area contributed by atoms with Gasteiger partial charge in [-0.25, -0.2) is 0 Å². The number of amides is 1. The SMILES string of the molecule is CN1CCC(COc2cccc(-c3cccc4c3CC[C@@H]4Oc3cc(OCc4cncc(C#N)c4)c(CNC[C@@H]4CCC(=O)N4)cc3Cl)c2Cl)C1. The first-order valence-electron chi connectivity index (χ1n) is 17.5. The molecule has 51 heavy (non-hydrogen) atoms. The molecule has 0 radical (unpaired) electrons. The molecule has 0 spiro atoms. The zero-order chi connectivity index (χ0) is 35.3. The number of carbonyl (C=O) groups is 1. The van der Waals surface area contributed by atoms with Crippen LogP contribution in [0, 0.1) is 17.2 Å². The summed E-state index contributed by atoms with van der Waals surface area (Å²) in [6, 6.07) is 20.0. The molecular weight excluding hydrogens is 685 g/mol. The molecule has 11 heteroatoms. The molecular formula is C40H41Cl2N5O4. The van der Waals surface area contributed by atoms with Gasteiger partial charge in [0.1, 0.15) is 36.0 Å². The number of rotatable bonds is 13. The lowest BCUT2D eigenvalue weighted by atomic mass is 9.96. The van der Waals surface area contributed by atoms with Crippen LogP contribution in [0.15, 0.2) is 67.0 Å². The topological polar surface area (TPSA) is 109 Å². The van der Waals surface area contributed by atoms with Crippen molar-refractivity contribution in [1.29, 1.82) is 5.26 Å². The Balaban J connectivity index is 1.10. The minimum atomic E-state index is -0.214. The first-order valence-corrected chi connectivity index (χ1v) is 18.3. The van der Waals surface area contributed by atoms with Gasteiger partial charge in [0, 0.05) is 73.2 Å². The highest BCUT2D eigenvalue weighted by Crippen LogP contribution is 2.45. The number of fused-ring (bicyclic) bond motifs is 1. The van der Waals surface area contributed by atoms with Crippen LogP contribution in [-0.2, 0) is 24.4 Å². The molecule has 4 aromatic rings.